The van der Waals surface area contributed by atoms with Crippen molar-refractivity contribution in [1.82, 2.24) is 9.80 Å². The Labute approximate surface area is 137 Å². The lowest BCUT2D eigenvalue weighted by molar-refractivity contribution is 0.0572. The number of carbonyl (C=O) groups excluding carboxylic acids is 1. The third-order valence-corrected chi connectivity index (χ3v) is 5.23. The van der Waals surface area contributed by atoms with Crippen molar-refractivity contribution < 1.29 is 14.3 Å². The quantitative estimate of drug-likeness (QED) is 0.838. The van der Waals surface area contributed by atoms with Crippen molar-refractivity contribution in [2.24, 2.45) is 0 Å². The molecule has 1 amide bonds. The zero-order valence-corrected chi connectivity index (χ0v) is 13.5. The van der Waals surface area contributed by atoms with E-state index in [-0.39, 0.29) is 5.91 Å². The van der Waals surface area contributed by atoms with Gasteiger partial charge in [0.2, 0.25) is 0 Å². The highest BCUT2D eigenvalue weighted by Gasteiger charge is 2.28. The Kier molecular flexibility index (Phi) is 4.12. The standard InChI is InChI=1S/C18H24N2O3/c21-18(14-5-6-16-17(13-14)23-12-11-22-16)20-9-7-19(8-10-20)15-3-1-2-4-15/h5-6,13,15H,1-4,7-12H2. The van der Waals surface area contributed by atoms with Gasteiger partial charge in [0, 0.05) is 37.8 Å². The van der Waals surface area contributed by atoms with Gasteiger partial charge in [0.05, 0.1) is 0 Å². The molecule has 0 N–H and O–H groups in total. The maximum absolute atomic E-state index is 12.7. The highest BCUT2D eigenvalue weighted by molar-refractivity contribution is 5.95. The van der Waals surface area contributed by atoms with Crippen LogP contribution in [0.4, 0.5) is 0 Å². The number of ether oxygens (including phenoxy) is 2. The van der Waals surface area contributed by atoms with Gasteiger partial charge >= 0.3 is 0 Å². The largest absolute Gasteiger partial charge is 0.486 e. The number of fused-ring (bicyclic) bond motifs is 1. The van der Waals surface area contributed by atoms with Crippen LogP contribution in [0.25, 0.3) is 0 Å². The van der Waals surface area contributed by atoms with Crippen LogP contribution in [-0.4, -0.2) is 61.1 Å². The maximum Gasteiger partial charge on any atom is 0.254 e. The van der Waals surface area contributed by atoms with E-state index in [2.05, 4.69) is 4.90 Å². The smallest absolute Gasteiger partial charge is 0.254 e. The van der Waals surface area contributed by atoms with E-state index in [4.69, 9.17) is 9.47 Å². The molecule has 2 fully saturated rings. The summed E-state index contributed by atoms with van der Waals surface area (Å²) in [5.74, 6) is 1.53. The van der Waals surface area contributed by atoms with Gasteiger partial charge in [0.25, 0.3) is 5.91 Å². The Hall–Kier alpha value is -1.75. The molecular weight excluding hydrogens is 292 g/mol. The minimum Gasteiger partial charge on any atom is -0.486 e. The second kappa shape index (κ2) is 6.40. The van der Waals surface area contributed by atoms with E-state index in [1.165, 1.54) is 25.7 Å². The van der Waals surface area contributed by atoms with Crippen LogP contribution in [0.5, 0.6) is 11.5 Å². The van der Waals surface area contributed by atoms with Crippen LogP contribution in [0.1, 0.15) is 36.0 Å². The summed E-state index contributed by atoms with van der Waals surface area (Å²) in [6.45, 7) is 4.77. The Morgan fingerprint density at radius 1 is 0.957 bits per heavy atom. The van der Waals surface area contributed by atoms with Crippen molar-refractivity contribution >= 4 is 5.91 Å². The number of hydrogen-bond donors (Lipinski definition) is 0. The number of carbonyl (C=O) groups is 1. The van der Waals surface area contributed by atoms with E-state index in [0.717, 1.165) is 38.0 Å². The Balaban J connectivity index is 1.40. The summed E-state index contributed by atoms with van der Waals surface area (Å²) in [5, 5.41) is 0. The van der Waals surface area contributed by atoms with E-state index < -0.39 is 0 Å². The fraction of sp³-hybridized carbons (Fsp3) is 0.611. The molecule has 4 rings (SSSR count). The predicted molar refractivity (Wildman–Crippen MR) is 87.2 cm³/mol. The van der Waals surface area contributed by atoms with Gasteiger partial charge in [-0.05, 0) is 31.0 Å². The molecule has 5 nitrogen and oxygen atoms in total. The summed E-state index contributed by atoms with van der Waals surface area (Å²) < 4.78 is 11.1. The number of nitrogens with zero attached hydrogens (tertiary/aromatic N) is 2. The van der Waals surface area contributed by atoms with Crippen molar-refractivity contribution in [2.45, 2.75) is 31.7 Å². The summed E-state index contributed by atoms with van der Waals surface area (Å²) in [6, 6.07) is 6.26. The normalized spacial score (nSPS) is 22.3. The van der Waals surface area contributed by atoms with Gasteiger partial charge in [-0.1, -0.05) is 12.8 Å². The van der Waals surface area contributed by atoms with E-state index in [1.807, 2.05) is 23.1 Å². The van der Waals surface area contributed by atoms with Crippen LogP contribution in [0.3, 0.4) is 0 Å². The number of hydrogen-bond acceptors (Lipinski definition) is 4. The van der Waals surface area contributed by atoms with E-state index in [0.29, 0.717) is 24.5 Å². The van der Waals surface area contributed by atoms with Gasteiger partial charge < -0.3 is 14.4 Å². The number of piperazine rings is 1. The SMILES string of the molecule is O=C(c1ccc2c(c1)OCCO2)N1CCN(C2CCCC2)CC1. The maximum atomic E-state index is 12.7. The number of rotatable bonds is 2. The van der Waals surface area contributed by atoms with Crippen molar-refractivity contribution in [3.63, 3.8) is 0 Å². The lowest BCUT2D eigenvalue weighted by Crippen LogP contribution is -2.51. The van der Waals surface area contributed by atoms with E-state index in [9.17, 15) is 4.79 Å². The molecule has 1 saturated heterocycles. The van der Waals surface area contributed by atoms with Crippen LogP contribution in [-0.2, 0) is 0 Å². The average Bonchev–Trinajstić information content (AvgIpc) is 3.15. The Bertz CT molecular complexity index is 576. The van der Waals surface area contributed by atoms with E-state index >= 15 is 0 Å². The summed E-state index contributed by atoms with van der Waals surface area (Å²) in [6.07, 6.45) is 5.38. The topological polar surface area (TPSA) is 42.0 Å². The fourth-order valence-corrected chi connectivity index (χ4v) is 3.92. The summed E-state index contributed by atoms with van der Waals surface area (Å²) in [4.78, 5) is 17.3. The molecule has 23 heavy (non-hydrogen) atoms. The van der Waals surface area contributed by atoms with Crippen molar-refractivity contribution in [3.05, 3.63) is 23.8 Å². The lowest BCUT2D eigenvalue weighted by atomic mass is 10.1. The summed E-state index contributed by atoms with van der Waals surface area (Å²) in [7, 11) is 0. The van der Waals surface area contributed by atoms with Gasteiger partial charge in [-0.3, -0.25) is 9.69 Å². The van der Waals surface area contributed by atoms with E-state index in [1.54, 1.807) is 0 Å². The molecule has 5 heteroatoms. The fourth-order valence-electron chi connectivity index (χ4n) is 3.92. The molecule has 0 aromatic heterocycles. The Morgan fingerprint density at radius 3 is 2.39 bits per heavy atom. The zero-order chi connectivity index (χ0) is 15.6. The first-order valence-electron chi connectivity index (χ1n) is 8.74. The third-order valence-electron chi connectivity index (χ3n) is 5.23. The molecular formula is C18H24N2O3. The molecule has 0 unspecified atom stereocenters. The molecule has 124 valence electrons. The van der Waals surface area contributed by atoms with Crippen molar-refractivity contribution in [1.29, 1.82) is 0 Å². The average molecular weight is 316 g/mol. The first-order chi connectivity index (χ1) is 11.3. The van der Waals surface area contributed by atoms with Crippen LogP contribution in [0, 0.1) is 0 Å². The van der Waals surface area contributed by atoms with Crippen LogP contribution < -0.4 is 9.47 Å². The number of amides is 1. The predicted octanol–water partition coefficient (Wildman–Crippen LogP) is 2.16. The lowest BCUT2D eigenvalue weighted by Gasteiger charge is -2.38. The monoisotopic (exact) mass is 316 g/mol. The molecule has 2 heterocycles. The van der Waals surface area contributed by atoms with Crippen LogP contribution in [0.15, 0.2) is 18.2 Å². The first-order valence-corrected chi connectivity index (χ1v) is 8.74. The second-order valence-corrected chi connectivity index (χ2v) is 6.62. The molecule has 2 aliphatic heterocycles. The third kappa shape index (κ3) is 3.02. The van der Waals surface area contributed by atoms with Gasteiger partial charge in [-0.2, -0.15) is 0 Å². The summed E-state index contributed by atoms with van der Waals surface area (Å²) >= 11 is 0. The molecule has 3 aliphatic rings. The molecule has 0 bridgehead atoms. The number of benzene rings is 1. The van der Waals surface area contributed by atoms with Crippen LogP contribution in [0.2, 0.25) is 0 Å². The molecule has 1 aromatic carbocycles. The Morgan fingerprint density at radius 2 is 1.65 bits per heavy atom. The summed E-state index contributed by atoms with van der Waals surface area (Å²) in [5.41, 5.74) is 0.698. The molecule has 1 aromatic rings. The highest BCUT2D eigenvalue weighted by Crippen LogP contribution is 2.31. The van der Waals surface area contributed by atoms with Crippen molar-refractivity contribution in [3.8, 4) is 11.5 Å². The second-order valence-electron chi connectivity index (χ2n) is 6.62. The van der Waals surface area contributed by atoms with Gasteiger partial charge in [0.15, 0.2) is 11.5 Å². The molecule has 0 radical (unpaired) electrons. The van der Waals surface area contributed by atoms with Gasteiger partial charge in [-0.25, -0.2) is 0 Å². The molecule has 1 saturated carbocycles. The van der Waals surface area contributed by atoms with Gasteiger partial charge in [-0.15, -0.1) is 0 Å². The van der Waals surface area contributed by atoms with Gasteiger partial charge in [0.1, 0.15) is 13.2 Å². The first kappa shape index (κ1) is 14.8. The van der Waals surface area contributed by atoms with Crippen LogP contribution >= 0.6 is 0 Å². The minimum absolute atomic E-state index is 0.105. The van der Waals surface area contributed by atoms with Crippen molar-refractivity contribution in [2.75, 3.05) is 39.4 Å². The molecule has 0 spiro atoms. The molecule has 0 atom stereocenters. The molecule has 1 aliphatic carbocycles. The minimum atomic E-state index is 0.105. The highest BCUT2D eigenvalue weighted by atomic mass is 16.6. The zero-order valence-electron chi connectivity index (χ0n) is 13.5.